The van der Waals surface area contributed by atoms with Crippen LogP contribution in [0.2, 0.25) is 0 Å². The number of hydrogen-bond acceptors (Lipinski definition) is 6. The molecule has 8 nitrogen and oxygen atoms in total. The van der Waals surface area contributed by atoms with Crippen molar-refractivity contribution in [3.05, 3.63) is 89.0 Å². The number of sulfonamides is 1. The molecule has 3 rings (SSSR count). The van der Waals surface area contributed by atoms with Crippen LogP contribution >= 0.6 is 0 Å². The molecule has 1 N–H and O–H groups in total. The Morgan fingerprint density at radius 1 is 0.967 bits per heavy atom. The van der Waals surface area contributed by atoms with E-state index in [9.17, 15) is 18.5 Å². The largest absolute Gasteiger partial charge is 0.497 e. The van der Waals surface area contributed by atoms with E-state index < -0.39 is 21.1 Å². The first kappa shape index (κ1) is 21.1. The van der Waals surface area contributed by atoms with E-state index in [1.165, 1.54) is 40.7 Å². The summed E-state index contributed by atoms with van der Waals surface area (Å²) in [4.78, 5) is 10.6. The average Bonchev–Trinajstić information content (AvgIpc) is 2.75. The summed E-state index contributed by atoms with van der Waals surface area (Å²) in [6.07, 6.45) is -0.690. The van der Waals surface area contributed by atoms with Gasteiger partial charge in [0.05, 0.1) is 22.6 Å². The first-order valence-corrected chi connectivity index (χ1v) is 10.5. The van der Waals surface area contributed by atoms with Crippen LogP contribution in [0, 0.1) is 10.1 Å². The Labute approximate surface area is 174 Å². The van der Waals surface area contributed by atoms with E-state index in [1.807, 2.05) is 0 Å². The minimum atomic E-state index is -3.94. The molecule has 0 spiro atoms. The fourth-order valence-electron chi connectivity index (χ4n) is 2.98. The number of anilines is 2. The van der Waals surface area contributed by atoms with Gasteiger partial charge in [-0.05, 0) is 55.5 Å². The Morgan fingerprint density at radius 3 is 2.10 bits per heavy atom. The quantitative estimate of drug-likeness (QED) is 0.327. The molecule has 0 bridgehead atoms. The molecule has 0 aliphatic carbocycles. The van der Waals surface area contributed by atoms with E-state index in [2.05, 4.69) is 5.32 Å². The molecular weight excluding hydrogens is 406 g/mol. The van der Waals surface area contributed by atoms with E-state index in [-0.39, 0.29) is 10.6 Å². The highest BCUT2D eigenvalue weighted by atomic mass is 32.2. The van der Waals surface area contributed by atoms with E-state index in [0.717, 1.165) is 0 Å². The molecule has 3 aromatic carbocycles. The topological polar surface area (TPSA) is 102 Å². The molecule has 0 amide bonds. The normalized spacial score (nSPS) is 12.1. The molecule has 1 atom stereocenters. The van der Waals surface area contributed by atoms with Crippen molar-refractivity contribution in [2.24, 2.45) is 0 Å². The zero-order valence-electron chi connectivity index (χ0n) is 16.4. The number of rotatable bonds is 8. The predicted octanol–water partition coefficient (Wildman–Crippen LogP) is 4.26. The first-order valence-electron chi connectivity index (χ1n) is 9.07. The Bertz CT molecular complexity index is 1100. The fourth-order valence-corrected chi connectivity index (χ4v) is 4.58. The number of hydrogen-bond donors (Lipinski definition) is 1. The molecule has 0 aliphatic heterocycles. The van der Waals surface area contributed by atoms with Crippen molar-refractivity contribution in [2.75, 3.05) is 16.7 Å². The summed E-state index contributed by atoms with van der Waals surface area (Å²) in [5, 5.41) is 14.1. The van der Waals surface area contributed by atoms with Crippen molar-refractivity contribution in [3.63, 3.8) is 0 Å². The monoisotopic (exact) mass is 427 g/mol. The summed E-state index contributed by atoms with van der Waals surface area (Å²) in [6, 6.07) is 20.5. The number of non-ortho nitro benzene ring substituents is 1. The third-order valence-electron chi connectivity index (χ3n) is 4.43. The highest BCUT2D eigenvalue weighted by molar-refractivity contribution is 7.92. The van der Waals surface area contributed by atoms with Crippen LogP contribution < -0.4 is 14.4 Å². The second-order valence-corrected chi connectivity index (χ2v) is 8.25. The maximum absolute atomic E-state index is 13.4. The molecule has 0 heterocycles. The molecule has 0 aliphatic rings. The van der Waals surface area contributed by atoms with E-state index in [1.54, 1.807) is 56.5 Å². The van der Waals surface area contributed by atoms with Gasteiger partial charge in [0, 0.05) is 17.8 Å². The van der Waals surface area contributed by atoms with Gasteiger partial charge in [0.15, 0.2) is 0 Å². The summed E-state index contributed by atoms with van der Waals surface area (Å²) in [7, 11) is -2.38. The Morgan fingerprint density at radius 2 is 1.57 bits per heavy atom. The van der Waals surface area contributed by atoms with Gasteiger partial charge in [0.2, 0.25) is 0 Å². The maximum atomic E-state index is 13.4. The lowest BCUT2D eigenvalue weighted by atomic mass is 10.2. The van der Waals surface area contributed by atoms with E-state index >= 15 is 0 Å². The van der Waals surface area contributed by atoms with Gasteiger partial charge in [-0.1, -0.05) is 18.2 Å². The minimum Gasteiger partial charge on any atom is -0.497 e. The van der Waals surface area contributed by atoms with Gasteiger partial charge < -0.3 is 10.1 Å². The van der Waals surface area contributed by atoms with Gasteiger partial charge in [0.1, 0.15) is 11.9 Å². The second kappa shape index (κ2) is 8.83. The van der Waals surface area contributed by atoms with E-state index in [4.69, 9.17) is 4.74 Å². The van der Waals surface area contributed by atoms with Crippen LogP contribution in [0.25, 0.3) is 0 Å². The summed E-state index contributed by atoms with van der Waals surface area (Å²) in [6.45, 7) is 1.70. The number of benzene rings is 3. The molecule has 0 radical (unpaired) electrons. The molecule has 3 aromatic rings. The molecular formula is C21H21N3O5S. The SMILES string of the molecule is COc1ccc(NC(C)N(c2ccc([N+](=O)[O-])cc2)S(=O)(=O)c2ccccc2)cc1. The summed E-state index contributed by atoms with van der Waals surface area (Å²) in [5.74, 6) is 0.678. The summed E-state index contributed by atoms with van der Waals surface area (Å²) >= 11 is 0. The highest BCUT2D eigenvalue weighted by Crippen LogP contribution is 2.29. The molecule has 156 valence electrons. The fraction of sp³-hybridized carbons (Fsp3) is 0.143. The molecule has 0 saturated carbocycles. The number of nitro benzene ring substituents is 1. The lowest BCUT2D eigenvalue weighted by molar-refractivity contribution is -0.384. The Hall–Kier alpha value is -3.59. The van der Waals surface area contributed by atoms with Gasteiger partial charge in [-0.15, -0.1) is 0 Å². The summed E-state index contributed by atoms with van der Waals surface area (Å²) in [5.41, 5.74) is 0.878. The first-order chi connectivity index (χ1) is 14.3. The van der Waals surface area contributed by atoms with Gasteiger partial charge in [-0.25, -0.2) is 12.7 Å². The summed E-state index contributed by atoms with van der Waals surface area (Å²) < 4.78 is 33.2. The van der Waals surface area contributed by atoms with Crippen molar-refractivity contribution in [3.8, 4) is 5.75 Å². The van der Waals surface area contributed by atoms with E-state index in [0.29, 0.717) is 17.1 Å². The zero-order chi connectivity index (χ0) is 21.7. The second-order valence-electron chi connectivity index (χ2n) is 6.44. The van der Waals surface area contributed by atoms with Crippen LogP contribution in [0.5, 0.6) is 5.75 Å². The molecule has 0 aromatic heterocycles. The Balaban J connectivity index is 2.00. The van der Waals surface area contributed by atoms with Gasteiger partial charge in [0.25, 0.3) is 15.7 Å². The smallest absolute Gasteiger partial charge is 0.269 e. The Kier molecular flexibility index (Phi) is 6.22. The third-order valence-corrected chi connectivity index (χ3v) is 6.35. The van der Waals surface area contributed by atoms with Crippen molar-refractivity contribution in [1.82, 2.24) is 0 Å². The molecule has 9 heteroatoms. The third kappa shape index (κ3) is 4.52. The lowest BCUT2D eigenvalue weighted by Crippen LogP contribution is -2.43. The maximum Gasteiger partial charge on any atom is 0.269 e. The lowest BCUT2D eigenvalue weighted by Gasteiger charge is -2.31. The zero-order valence-corrected chi connectivity index (χ0v) is 17.2. The standard InChI is InChI=1S/C21H21N3O5S/c1-16(22-17-8-14-20(29-2)15-9-17)23(18-10-12-19(13-11-18)24(25)26)30(27,28)21-6-4-3-5-7-21/h3-16,22H,1-2H3. The van der Waals surface area contributed by atoms with Crippen LogP contribution in [-0.2, 0) is 10.0 Å². The molecule has 1 unspecified atom stereocenters. The van der Waals surface area contributed by atoms with Gasteiger partial charge >= 0.3 is 0 Å². The van der Waals surface area contributed by atoms with Crippen molar-refractivity contribution >= 4 is 27.1 Å². The van der Waals surface area contributed by atoms with Crippen LogP contribution in [0.15, 0.2) is 83.8 Å². The van der Waals surface area contributed by atoms with Crippen molar-refractivity contribution in [2.45, 2.75) is 18.0 Å². The highest BCUT2D eigenvalue weighted by Gasteiger charge is 2.30. The molecule has 0 saturated heterocycles. The van der Waals surface area contributed by atoms with Crippen LogP contribution in [-0.4, -0.2) is 26.6 Å². The van der Waals surface area contributed by atoms with Crippen LogP contribution in [0.1, 0.15) is 6.92 Å². The van der Waals surface area contributed by atoms with Crippen LogP contribution in [0.3, 0.4) is 0 Å². The average molecular weight is 427 g/mol. The molecule has 0 fully saturated rings. The number of methoxy groups -OCH3 is 1. The minimum absolute atomic E-state index is 0.117. The molecule has 30 heavy (non-hydrogen) atoms. The van der Waals surface area contributed by atoms with Crippen molar-refractivity contribution < 1.29 is 18.1 Å². The number of nitrogens with one attached hydrogen (secondary N) is 1. The predicted molar refractivity (Wildman–Crippen MR) is 115 cm³/mol. The van der Waals surface area contributed by atoms with Gasteiger partial charge in [-0.2, -0.15) is 0 Å². The van der Waals surface area contributed by atoms with Crippen LogP contribution in [0.4, 0.5) is 17.1 Å². The number of nitro groups is 1. The number of nitrogens with zero attached hydrogens (tertiary/aromatic N) is 2. The van der Waals surface area contributed by atoms with Gasteiger partial charge in [-0.3, -0.25) is 10.1 Å². The van der Waals surface area contributed by atoms with Crippen molar-refractivity contribution in [1.29, 1.82) is 0 Å². The number of ether oxygens (including phenoxy) is 1.